The van der Waals surface area contributed by atoms with E-state index in [1.165, 1.54) is 44.9 Å². The molecule has 0 bridgehead atoms. The zero-order chi connectivity index (χ0) is 12.6. The molecule has 0 heterocycles. The zero-order valence-electron chi connectivity index (χ0n) is 12.0. The fourth-order valence-electron chi connectivity index (χ4n) is 1.62. The van der Waals surface area contributed by atoms with Crippen molar-refractivity contribution in [1.29, 1.82) is 0 Å². The number of hydrogen-bond donors (Lipinski definition) is 1. The predicted octanol–water partition coefficient (Wildman–Crippen LogP) is 5.06. The number of allylic oxidation sites excluding steroid dienone is 1. The van der Waals surface area contributed by atoms with Crippen LogP contribution in [0.3, 0.4) is 0 Å². The van der Waals surface area contributed by atoms with Crippen LogP contribution >= 0.6 is 0 Å². The minimum absolute atomic E-state index is 0.795. The smallest absolute Gasteiger partial charge is 0.00425 e. The maximum absolute atomic E-state index is 5.52. The van der Waals surface area contributed by atoms with Crippen LogP contribution in [0.2, 0.25) is 0 Å². The van der Waals surface area contributed by atoms with E-state index < -0.39 is 0 Å². The molecule has 0 unspecified atom stereocenters. The Balaban J connectivity index is 0. The van der Waals surface area contributed by atoms with E-state index in [9.17, 15) is 0 Å². The topological polar surface area (TPSA) is 26.0 Å². The van der Waals surface area contributed by atoms with Crippen molar-refractivity contribution in [3.8, 4) is 0 Å². The lowest BCUT2D eigenvalue weighted by atomic mass is 10.0. The van der Waals surface area contributed by atoms with Crippen molar-refractivity contribution >= 4 is 0 Å². The van der Waals surface area contributed by atoms with Gasteiger partial charge in [0, 0.05) is 0 Å². The van der Waals surface area contributed by atoms with Crippen molar-refractivity contribution < 1.29 is 0 Å². The van der Waals surface area contributed by atoms with Crippen LogP contribution in [0.4, 0.5) is 0 Å². The highest BCUT2D eigenvalue weighted by atomic mass is 14.5. The quantitative estimate of drug-likeness (QED) is 0.432. The van der Waals surface area contributed by atoms with E-state index in [0.29, 0.717) is 0 Å². The highest BCUT2D eigenvalue weighted by Gasteiger charge is 1.96. The van der Waals surface area contributed by atoms with Gasteiger partial charge in [0.25, 0.3) is 0 Å². The average molecular weight is 227 g/mol. The van der Waals surface area contributed by atoms with Crippen molar-refractivity contribution in [2.24, 2.45) is 5.73 Å². The second-order valence-electron chi connectivity index (χ2n) is 4.00. The van der Waals surface area contributed by atoms with Crippen LogP contribution in [0.5, 0.6) is 0 Å². The van der Waals surface area contributed by atoms with Crippen molar-refractivity contribution in [2.75, 3.05) is 6.54 Å². The minimum atomic E-state index is 0.795. The van der Waals surface area contributed by atoms with E-state index >= 15 is 0 Å². The molecule has 0 aromatic rings. The molecule has 0 aromatic heterocycles. The summed E-state index contributed by atoms with van der Waals surface area (Å²) in [5.41, 5.74) is 7.16. The number of unbranched alkanes of at least 4 members (excludes halogenated alkanes) is 3. The summed E-state index contributed by atoms with van der Waals surface area (Å²) in [5.74, 6) is 0. The third kappa shape index (κ3) is 13.7. The molecule has 0 rings (SSSR count). The van der Waals surface area contributed by atoms with Gasteiger partial charge in [0.15, 0.2) is 0 Å². The fraction of sp³-hybridized carbons (Fsp3) is 0.867. The lowest BCUT2D eigenvalue weighted by Crippen LogP contribution is -1.97. The third-order valence-corrected chi connectivity index (χ3v) is 2.55. The standard InChI is InChI=1S/C13H27N.C2H6/c1-3-5-7-10-13(9-6-4-2)11-8-12-14;1-2/h11H,3-10,12,14H2,1-2H3;1-2H3/b13-11-;. The molecule has 0 aliphatic carbocycles. The van der Waals surface area contributed by atoms with E-state index in [-0.39, 0.29) is 0 Å². The highest BCUT2D eigenvalue weighted by Crippen LogP contribution is 2.16. The number of hydrogen-bond acceptors (Lipinski definition) is 1. The molecule has 2 N–H and O–H groups in total. The molecule has 1 nitrogen and oxygen atoms in total. The molecule has 16 heavy (non-hydrogen) atoms. The summed E-state index contributed by atoms with van der Waals surface area (Å²) in [7, 11) is 0. The third-order valence-electron chi connectivity index (χ3n) is 2.55. The van der Waals surface area contributed by atoms with Gasteiger partial charge in [-0.25, -0.2) is 0 Å². The molecule has 0 amide bonds. The lowest BCUT2D eigenvalue weighted by molar-refractivity contribution is 0.674. The average Bonchev–Trinajstić information content (AvgIpc) is 2.34. The molecule has 0 saturated heterocycles. The minimum Gasteiger partial charge on any atom is -0.330 e. The Morgan fingerprint density at radius 1 is 0.938 bits per heavy atom. The molecule has 1 heteroatoms. The molecule has 0 spiro atoms. The van der Waals surface area contributed by atoms with Crippen molar-refractivity contribution in [2.45, 2.75) is 79.1 Å². The first-order valence-corrected chi connectivity index (χ1v) is 7.23. The first kappa shape index (κ1) is 18.1. The Kier molecular flexibility index (Phi) is 19.3. The first-order chi connectivity index (χ1) is 7.85. The SMILES string of the molecule is CC.CCCCC/C(=C\CCN)CCCC. The highest BCUT2D eigenvalue weighted by molar-refractivity contribution is 5.01. The van der Waals surface area contributed by atoms with Crippen LogP contribution in [0.1, 0.15) is 79.1 Å². The Morgan fingerprint density at radius 2 is 1.50 bits per heavy atom. The van der Waals surface area contributed by atoms with Gasteiger partial charge in [0.2, 0.25) is 0 Å². The lowest BCUT2D eigenvalue weighted by Gasteiger charge is -2.06. The largest absolute Gasteiger partial charge is 0.330 e. The van der Waals surface area contributed by atoms with Crippen LogP contribution in [0.15, 0.2) is 11.6 Å². The molecule has 98 valence electrons. The maximum atomic E-state index is 5.52. The number of nitrogens with two attached hydrogens (primary N) is 1. The summed E-state index contributed by atoms with van der Waals surface area (Å²) in [4.78, 5) is 0. The summed E-state index contributed by atoms with van der Waals surface area (Å²) in [6.45, 7) is 9.31. The molecule has 0 radical (unpaired) electrons. The molecule has 0 fully saturated rings. The summed E-state index contributed by atoms with van der Waals surface area (Å²) in [6.07, 6.45) is 12.7. The number of rotatable bonds is 9. The zero-order valence-corrected chi connectivity index (χ0v) is 12.0. The Morgan fingerprint density at radius 3 is 2.00 bits per heavy atom. The van der Waals surface area contributed by atoms with Crippen LogP contribution in [-0.4, -0.2) is 6.54 Å². The molecule has 0 aliphatic rings. The summed E-state index contributed by atoms with van der Waals surface area (Å²) in [6, 6.07) is 0. The van der Waals surface area contributed by atoms with Gasteiger partial charge >= 0.3 is 0 Å². The molecular formula is C15H33N. The van der Waals surface area contributed by atoms with Gasteiger partial charge < -0.3 is 5.73 Å². The van der Waals surface area contributed by atoms with E-state index in [4.69, 9.17) is 5.73 Å². The van der Waals surface area contributed by atoms with Crippen molar-refractivity contribution in [3.05, 3.63) is 11.6 Å². The second kappa shape index (κ2) is 17.1. The van der Waals surface area contributed by atoms with Gasteiger partial charge in [0.1, 0.15) is 0 Å². The predicted molar refractivity (Wildman–Crippen MR) is 76.8 cm³/mol. The molecular weight excluding hydrogens is 194 g/mol. The monoisotopic (exact) mass is 227 g/mol. The first-order valence-electron chi connectivity index (χ1n) is 7.23. The fourth-order valence-corrected chi connectivity index (χ4v) is 1.62. The maximum Gasteiger partial charge on any atom is -0.00425 e. The summed E-state index contributed by atoms with van der Waals surface area (Å²) in [5, 5.41) is 0. The van der Waals surface area contributed by atoms with E-state index in [1.54, 1.807) is 5.57 Å². The second-order valence-corrected chi connectivity index (χ2v) is 4.00. The van der Waals surface area contributed by atoms with Gasteiger partial charge in [-0.2, -0.15) is 0 Å². The summed E-state index contributed by atoms with van der Waals surface area (Å²) >= 11 is 0. The van der Waals surface area contributed by atoms with Crippen LogP contribution < -0.4 is 5.73 Å². The van der Waals surface area contributed by atoms with Gasteiger partial charge in [-0.15, -0.1) is 0 Å². The van der Waals surface area contributed by atoms with Gasteiger partial charge in [-0.05, 0) is 38.6 Å². The van der Waals surface area contributed by atoms with Crippen LogP contribution in [0.25, 0.3) is 0 Å². The van der Waals surface area contributed by atoms with Gasteiger partial charge in [0.05, 0.1) is 0 Å². The molecule has 0 aliphatic heterocycles. The Bertz CT molecular complexity index is 138. The van der Waals surface area contributed by atoms with E-state index in [2.05, 4.69) is 19.9 Å². The van der Waals surface area contributed by atoms with Crippen LogP contribution in [0, 0.1) is 0 Å². The van der Waals surface area contributed by atoms with Crippen molar-refractivity contribution in [1.82, 2.24) is 0 Å². The van der Waals surface area contributed by atoms with E-state index in [1.807, 2.05) is 13.8 Å². The van der Waals surface area contributed by atoms with Crippen LogP contribution in [-0.2, 0) is 0 Å². The van der Waals surface area contributed by atoms with Crippen molar-refractivity contribution in [3.63, 3.8) is 0 Å². The van der Waals surface area contributed by atoms with Gasteiger partial charge in [-0.3, -0.25) is 0 Å². The molecule has 0 saturated carbocycles. The Hall–Kier alpha value is -0.300. The summed E-state index contributed by atoms with van der Waals surface area (Å²) < 4.78 is 0. The normalized spacial score (nSPS) is 10.9. The van der Waals surface area contributed by atoms with E-state index in [0.717, 1.165) is 13.0 Å². The molecule has 0 atom stereocenters. The Labute approximate surface area is 104 Å². The van der Waals surface area contributed by atoms with Gasteiger partial charge in [-0.1, -0.05) is 58.6 Å². The molecule has 0 aromatic carbocycles.